The van der Waals surface area contributed by atoms with Crippen LogP contribution in [0.2, 0.25) is 0 Å². The highest BCUT2D eigenvalue weighted by Crippen LogP contribution is 2.20. The minimum absolute atomic E-state index is 0.102. The van der Waals surface area contributed by atoms with Crippen LogP contribution in [0.3, 0.4) is 0 Å². The van der Waals surface area contributed by atoms with Crippen LogP contribution in [0.1, 0.15) is 46.1 Å². The van der Waals surface area contributed by atoms with Gasteiger partial charge in [0.15, 0.2) is 0 Å². The second-order valence-corrected chi connectivity index (χ2v) is 6.77. The lowest BCUT2D eigenvalue weighted by Crippen LogP contribution is -2.50. The minimum Gasteiger partial charge on any atom is -0.497 e. The maximum Gasteiger partial charge on any atom is 0.237 e. The van der Waals surface area contributed by atoms with E-state index in [-0.39, 0.29) is 11.8 Å². The molecule has 0 bridgehead atoms. The molecule has 0 atom stereocenters. The van der Waals surface area contributed by atoms with Gasteiger partial charge in [0.25, 0.3) is 0 Å². The number of carbonyl (C=O) groups excluding carboxylic acids is 2. The first-order valence-corrected chi connectivity index (χ1v) is 9.07. The molecule has 0 radical (unpaired) electrons. The first-order chi connectivity index (χ1) is 11.9. The SMILES string of the molecule is CCCN(CCC)C(=O)C(C)(C)C(=O)NCCc1cccc(OC)c1. The highest BCUT2D eigenvalue weighted by Gasteiger charge is 2.38. The molecule has 140 valence electrons. The summed E-state index contributed by atoms with van der Waals surface area (Å²) in [6.45, 7) is 9.35. The molecular weight excluding hydrogens is 316 g/mol. The van der Waals surface area contributed by atoms with Gasteiger partial charge < -0.3 is 15.0 Å². The van der Waals surface area contributed by atoms with Gasteiger partial charge in [-0.3, -0.25) is 9.59 Å². The summed E-state index contributed by atoms with van der Waals surface area (Å²) in [5.74, 6) is 0.474. The Hall–Kier alpha value is -2.04. The van der Waals surface area contributed by atoms with Crippen molar-refractivity contribution in [2.75, 3.05) is 26.7 Å². The summed E-state index contributed by atoms with van der Waals surface area (Å²) in [6, 6.07) is 7.76. The molecule has 1 rings (SSSR count). The van der Waals surface area contributed by atoms with Crippen LogP contribution in [0, 0.1) is 5.41 Å². The fourth-order valence-electron chi connectivity index (χ4n) is 2.72. The third-order valence-electron chi connectivity index (χ3n) is 4.21. The number of nitrogens with zero attached hydrogens (tertiary/aromatic N) is 1. The van der Waals surface area contributed by atoms with Crippen LogP contribution in [0.25, 0.3) is 0 Å². The molecule has 0 aliphatic carbocycles. The molecule has 5 nitrogen and oxygen atoms in total. The molecule has 0 saturated carbocycles. The minimum atomic E-state index is -1.06. The Kier molecular flexibility index (Phi) is 8.46. The van der Waals surface area contributed by atoms with Crippen LogP contribution in [0.15, 0.2) is 24.3 Å². The lowest BCUT2D eigenvalue weighted by Gasteiger charge is -2.30. The molecular formula is C20H32N2O3. The van der Waals surface area contributed by atoms with Crippen LogP contribution in [-0.2, 0) is 16.0 Å². The highest BCUT2D eigenvalue weighted by atomic mass is 16.5. The summed E-state index contributed by atoms with van der Waals surface area (Å²) in [7, 11) is 1.63. The predicted octanol–water partition coefficient (Wildman–Crippen LogP) is 3.03. The van der Waals surface area contributed by atoms with Crippen molar-refractivity contribution in [3.05, 3.63) is 29.8 Å². The van der Waals surface area contributed by atoms with E-state index in [0.29, 0.717) is 26.1 Å². The molecule has 0 fully saturated rings. The molecule has 1 aromatic carbocycles. The molecule has 0 aromatic heterocycles. The van der Waals surface area contributed by atoms with E-state index in [1.165, 1.54) is 0 Å². The Morgan fingerprint density at radius 2 is 1.80 bits per heavy atom. The Labute approximate surface area is 151 Å². The van der Waals surface area contributed by atoms with Crippen molar-refractivity contribution in [3.8, 4) is 5.75 Å². The standard InChI is InChI=1S/C20H32N2O3/c1-6-13-22(14-7-2)19(24)20(3,4)18(23)21-12-11-16-9-8-10-17(15-16)25-5/h8-10,15H,6-7,11-14H2,1-5H3,(H,21,23). The van der Waals surface area contributed by atoms with Gasteiger partial charge in [0.05, 0.1) is 7.11 Å². The van der Waals surface area contributed by atoms with Crippen molar-refractivity contribution >= 4 is 11.8 Å². The Morgan fingerprint density at radius 3 is 2.36 bits per heavy atom. The summed E-state index contributed by atoms with van der Waals surface area (Å²) in [6.07, 6.45) is 2.47. The maximum absolute atomic E-state index is 12.8. The fraction of sp³-hybridized carbons (Fsp3) is 0.600. The summed E-state index contributed by atoms with van der Waals surface area (Å²) < 4.78 is 5.20. The van der Waals surface area contributed by atoms with E-state index in [1.807, 2.05) is 38.1 Å². The number of nitrogens with one attached hydrogen (secondary N) is 1. The van der Waals surface area contributed by atoms with E-state index < -0.39 is 5.41 Å². The summed E-state index contributed by atoms with van der Waals surface area (Å²) in [4.78, 5) is 27.1. The van der Waals surface area contributed by atoms with Gasteiger partial charge in [-0.25, -0.2) is 0 Å². The van der Waals surface area contributed by atoms with Crippen molar-refractivity contribution in [1.82, 2.24) is 10.2 Å². The van der Waals surface area contributed by atoms with Gasteiger partial charge in [-0.05, 0) is 50.8 Å². The molecule has 1 N–H and O–H groups in total. The maximum atomic E-state index is 12.8. The van der Waals surface area contributed by atoms with Crippen LogP contribution in [0.5, 0.6) is 5.75 Å². The molecule has 5 heteroatoms. The summed E-state index contributed by atoms with van der Waals surface area (Å²) in [5.41, 5.74) is 0.0287. The second-order valence-electron chi connectivity index (χ2n) is 6.77. The van der Waals surface area contributed by atoms with E-state index in [4.69, 9.17) is 4.74 Å². The van der Waals surface area contributed by atoms with Crippen LogP contribution >= 0.6 is 0 Å². The zero-order valence-electron chi connectivity index (χ0n) is 16.2. The number of amides is 2. The van der Waals surface area contributed by atoms with Crippen LogP contribution in [-0.4, -0.2) is 43.5 Å². The van der Waals surface area contributed by atoms with Gasteiger partial charge in [-0.1, -0.05) is 26.0 Å². The van der Waals surface area contributed by atoms with Crippen molar-refractivity contribution in [2.24, 2.45) is 5.41 Å². The third kappa shape index (κ3) is 6.07. The third-order valence-corrected chi connectivity index (χ3v) is 4.21. The number of rotatable bonds is 10. The number of ether oxygens (including phenoxy) is 1. The second kappa shape index (κ2) is 10.1. The van der Waals surface area contributed by atoms with Gasteiger partial charge in [0, 0.05) is 19.6 Å². The number of hydrogen-bond acceptors (Lipinski definition) is 3. The van der Waals surface area contributed by atoms with Gasteiger partial charge in [0.1, 0.15) is 11.2 Å². The molecule has 0 spiro atoms. The Bertz CT molecular complexity index is 564. The molecule has 1 aromatic rings. The van der Waals surface area contributed by atoms with E-state index in [2.05, 4.69) is 5.32 Å². The van der Waals surface area contributed by atoms with Crippen molar-refractivity contribution < 1.29 is 14.3 Å². The lowest BCUT2D eigenvalue weighted by molar-refractivity contribution is -0.148. The number of hydrogen-bond donors (Lipinski definition) is 1. The molecule has 0 unspecified atom stereocenters. The van der Waals surface area contributed by atoms with Gasteiger partial charge in [-0.15, -0.1) is 0 Å². The topological polar surface area (TPSA) is 58.6 Å². The fourth-order valence-corrected chi connectivity index (χ4v) is 2.72. The molecule has 0 aliphatic heterocycles. The first kappa shape index (κ1) is 21.0. The lowest BCUT2D eigenvalue weighted by atomic mass is 9.90. The van der Waals surface area contributed by atoms with Crippen LogP contribution < -0.4 is 10.1 Å². The molecule has 0 aliphatic rings. The highest BCUT2D eigenvalue weighted by molar-refractivity contribution is 6.04. The van der Waals surface area contributed by atoms with Crippen molar-refractivity contribution in [1.29, 1.82) is 0 Å². The zero-order chi connectivity index (χ0) is 18.9. The van der Waals surface area contributed by atoms with Crippen molar-refractivity contribution in [2.45, 2.75) is 47.0 Å². The predicted molar refractivity (Wildman–Crippen MR) is 101 cm³/mol. The average molecular weight is 348 g/mol. The quantitative estimate of drug-likeness (QED) is 0.661. The van der Waals surface area contributed by atoms with E-state index in [1.54, 1.807) is 25.9 Å². The van der Waals surface area contributed by atoms with Crippen LogP contribution in [0.4, 0.5) is 0 Å². The smallest absolute Gasteiger partial charge is 0.237 e. The van der Waals surface area contributed by atoms with Crippen molar-refractivity contribution in [3.63, 3.8) is 0 Å². The van der Waals surface area contributed by atoms with Gasteiger partial charge in [-0.2, -0.15) is 0 Å². The number of carbonyl (C=O) groups is 2. The Balaban J connectivity index is 2.62. The normalized spacial score (nSPS) is 11.1. The van der Waals surface area contributed by atoms with Gasteiger partial charge >= 0.3 is 0 Å². The first-order valence-electron chi connectivity index (χ1n) is 9.07. The van der Waals surface area contributed by atoms with E-state index in [0.717, 1.165) is 24.2 Å². The summed E-state index contributed by atoms with van der Waals surface area (Å²) >= 11 is 0. The largest absolute Gasteiger partial charge is 0.497 e. The Morgan fingerprint density at radius 1 is 1.16 bits per heavy atom. The van der Waals surface area contributed by atoms with E-state index >= 15 is 0 Å². The summed E-state index contributed by atoms with van der Waals surface area (Å²) in [5, 5.41) is 2.90. The molecule has 0 saturated heterocycles. The number of benzene rings is 1. The average Bonchev–Trinajstić information content (AvgIpc) is 2.60. The van der Waals surface area contributed by atoms with Gasteiger partial charge in [0.2, 0.25) is 11.8 Å². The monoisotopic (exact) mass is 348 g/mol. The zero-order valence-corrected chi connectivity index (χ0v) is 16.2. The molecule has 0 heterocycles. The molecule has 25 heavy (non-hydrogen) atoms. The van der Waals surface area contributed by atoms with E-state index in [9.17, 15) is 9.59 Å². The number of methoxy groups -OCH3 is 1. The molecule has 2 amide bonds.